The molecule has 2 heteroatoms. The predicted molar refractivity (Wildman–Crippen MR) is 81.8 cm³/mol. The van der Waals surface area contributed by atoms with Gasteiger partial charge in [0.25, 0.3) is 0 Å². The average Bonchev–Trinajstić information content (AvgIpc) is 2.87. The van der Waals surface area contributed by atoms with Crippen LogP contribution in [0.1, 0.15) is 57.1 Å². The molecule has 1 aromatic carbocycles. The minimum Gasteiger partial charge on any atom is -0.310 e. The lowest BCUT2D eigenvalue weighted by Gasteiger charge is -2.15. The van der Waals surface area contributed by atoms with Gasteiger partial charge in [0.05, 0.1) is 0 Å². The van der Waals surface area contributed by atoms with Crippen LogP contribution in [-0.4, -0.2) is 6.54 Å². The molecule has 0 spiro atoms. The van der Waals surface area contributed by atoms with E-state index in [-0.39, 0.29) is 0 Å². The van der Waals surface area contributed by atoms with Crippen molar-refractivity contribution in [1.29, 1.82) is 0 Å². The maximum Gasteiger partial charge on any atom is 0.0292 e. The summed E-state index contributed by atoms with van der Waals surface area (Å²) < 4.78 is 1.17. The van der Waals surface area contributed by atoms with Crippen LogP contribution in [0.25, 0.3) is 0 Å². The molecule has 1 aliphatic rings. The molecule has 0 aliphatic heterocycles. The zero-order chi connectivity index (χ0) is 12.8. The fourth-order valence-corrected chi connectivity index (χ4v) is 3.32. The minimum atomic E-state index is 0.450. The SMILES string of the molecule is CC(NCCCC1CCCC1)c1cccc(Br)c1. The van der Waals surface area contributed by atoms with Crippen molar-refractivity contribution in [3.8, 4) is 0 Å². The Balaban J connectivity index is 1.66. The van der Waals surface area contributed by atoms with Crippen LogP contribution < -0.4 is 5.32 Å². The second-order valence-electron chi connectivity index (χ2n) is 5.52. The van der Waals surface area contributed by atoms with Gasteiger partial charge < -0.3 is 5.32 Å². The van der Waals surface area contributed by atoms with Crippen molar-refractivity contribution in [2.45, 2.75) is 51.5 Å². The quantitative estimate of drug-likeness (QED) is 0.723. The molecule has 0 amide bonds. The summed E-state index contributed by atoms with van der Waals surface area (Å²) in [6, 6.07) is 9.03. The Morgan fingerprint density at radius 2 is 2.11 bits per heavy atom. The van der Waals surface area contributed by atoms with Gasteiger partial charge in [0.1, 0.15) is 0 Å². The molecule has 1 atom stereocenters. The van der Waals surface area contributed by atoms with Gasteiger partial charge in [-0.15, -0.1) is 0 Å². The molecule has 1 fully saturated rings. The molecule has 0 saturated heterocycles. The predicted octanol–water partition coefficient (Wildman–Crippen LogP) is 5.07. The van der Waals surface area contributed by atoms with E-state index in [4.69, 9.17) is 0 Å². The lowest BCUT2D eigenvalue weighted by molar-refractivity contribution is 0.456. The third-order valence-electron chi connectivity index (χ3n) is 4.06. The monoisotopic (exact) mass is 309 g/mol. The first kappa shape index (κ1) is 14.1. The molecule has 0 bridgehead atoms. The molecule has 1 nitrogen and oxygen atoms in total. The molecule has 18 heavy (non-hydrogen) atoms. The highest BCUT2D eigenvalue weighted by molar-refractivity contribution is 9.10. The van der Waals surface area contributed by atoms with Crippen molar-refractivity contribution >= 4 is 15.9 Å². The third-order valence-corrected chi connectivity index (χ3v) is 4.56. The zero-order valence-corrected chi connectivity index (χ0v) is 12.9. The molecule has 0 radical (unpaired) electrons. The number of nitrogens with one attached hydrogen (secondary N) is 1. The Morgan fingerprint density at radius 1 is 1.33 bits per heavy atom. The van der Waals surface area contributed by atoms with Crippen LogP contribution in [-0.2, 0) is 0 Å². The lowest BCUT2D eigenvalue weighted by Crippen LogP contribution is -2.20. The smallest absolute Gasteiger partial charge is 0.0292 e. The van der Waals surface area contributed by atoms with Gasteiger partial charge in [0.15, 0.2) is 0 Å². The maximum atomic E-state index is 3.63. The van der Waals surface area contributed by atoms with Crippen molar-refractivity contribution in [3.63, 3.8) is 0 Å². The minimum absolute atomic E-state index is 0.450. The molecular formula is C16H24BrN. The molecule has 1 unspecified atom stereocenters. The Labute approximate surface area is 119 Å². The molecule has 1 aliphatic carbocycles. The topological polar surface area (TPSA) is 12.0 Å². The Hall–Kier alpha value is -0.340. The number of rotatable bonds is 6. The van der Waals surface area contributed by atoms with Gasteiger partial charge in [0.2, 0.25) is 0 Å². The van der Waals surface area contributed by atoms with Crippen LogP contribution in [0, 0.1) is 5.92 Å². The van der Waals surface area contributed by atoms with Crippen molar-refractivity contribution in [2.24, 2.45) is 5.92 Å². The van der Waals surface area contributed by atoms with Crippen LogP contribution in [0.15, 0.2) is 28.7 Å². The highest BCUT2D eigenvalue weighted by Gasteiger charge is 2.14. The van der Waals surface area contributed by atoms with E-state index < -0.39 is 0 Å². The second kappa shape index (κ2) is 7.30. The molecular weight excluding hydrogens is 286 g/mol. The first-order valence-corrected chi connectivity index (χ1v) is 8.04. The van der Waals surface area contributed by atoms with Gasteiger partial charge in [-0.05, 0) is 49.9 Å². The van der Waals surface area contributed by atoms with E-state index in [9.17, 15) is 0 Å². The largest absolute Gasteiger partial charge is 0.310 e. The molecule has 1 aromatic rings. The van der Waals surface area contributed by atoms with E-state index >= 15 is 0 Å². The Kier molecular flexibility index (Phi) is 5.71. The fraction of sp³-hybridized carbons (Fsp3) is 0.625. The van der Waals surface area contributed by atoms with Crippen LogP contribution in [0.3, 0.4) is 0 Å². The number of hydrogen-bond donors (Lipinski definition) is 1. The highest BCUT2D eigenvalue weighted by Crippen LogP contribution is 2.28. The first-order valence-electron chi connectivity index (χ1n) is 7.24. The summed E-state index contributed by atoms with van der Waals surface area (Å²) >= 11 is 3.53. The van der Waals surface area contributed by atoms with Gasteiger partial charge in [-0.25, -0.2) is 0 Å². The second-order valence-corrected chi connectivity index (χ2v) is 6.44. The van der Waals surface area contributed by atoms with E-state index in [2.05, 4.69) is 52.4 Å². The van der Waals surface area contributed by atoms with Crippen LogP contribution >= 0.6 is 15.9 Å². The summed E-state index contributed by atoms with van der Waals surface area (Å²) in [5, 5.41) is 3.63. The standard InChI is InChI=1S/C16H24BrN/c1-13(15-9-4-10-16(17)12-15)18-11-5-8-14-6-2-3-7-14/h4,9-10,12-14,18H,2-3,5-8,11H2,1H3. The molecule has 0 aromatic heterocycles. The molecule has 1 saturated carbocycles. The third kappa shape index (κ3) is 4.40. The van der Waals surface area contributed by atoms with Crippen molar-refractivity contribution in [1.82, 2.24) is 5.32 Å². The molecule has 2 rings (SSSR count). The van der Waals surface area contributed by atoms with Gasteiger partial charge in [-0.2, -0.15) is 0 Å². The summed E-state index contributed by atoms with van der Waals surface area (Å²) in [7, 11) is 0. The first-order chi connectivity index (χ1) is 8.75. The highest BCUT2D eigenvalue weighted by atomic mass is 79.9. The van der Waals surface area contributed by atoms with Crippen LogP contribution in [0.5, 0.6) is 0 Å². The van der Waals surface area contributed by atoms with Crippen molar-refractivity contribution in [3.05, 3.63) is 34.3 Å². The summed E-state index contributed by atoms with van der Waals surface area (Å²) in [6.45, 7) is 3.39. The van der Waals surface area contributed by atoms with Crippen molar-refractivity contribution in [2.75, 3.05) is 6.54 Å². The van der Waals surface area contributed by atoms with E-state index in [0.29, 0.717) is 6.04 Å². The lowest BCUT2D eigenvalue weighted by atomic mass is 10.0. The molecule has 1 N–H and O–H groups in total. The summed E-state index contributed by atoms with van der Waals surface area (Å²) in [5.41, 5.74) is 1.37. The molecule has 100 valence electrons. The summed E-state index contributed by atoms with van der Waals surface area (Å²) in [6.07, 6.45) is 8.61. The normalized spacial score (nSPS) is 18.1. The number of benzene rings is 1. The van der Waals surface area contributed by atoms with Crippen molar-refractivity contribution < 1.29 is 0 Å². The van der Waals surface area contributed by atoms with Gasteiger partial charge in [-0.1, -0.05) is 53.7 Å². The number of halogens is 1. The fourth-order valence-electron chi connectivity index (χ4n) is 2.90. The van der Waals surface area contributed by atoms with Gasteiger partial charge >= 0.3 is 0 Å². The van der Waals surface area contributed by atoms with Crippen LogP contribution in [0.2, 0.25) is 0 Å². The van der Waals surface area contributed by atoms with E-state index in [0.717, 1.165) is 12.5 Å². The summed E-state index contributed by atoms with van der Waals surface area (Å²) in [5.74, 6) is 1.02. The van der Waals surface area contributed by atoms with E-state index in [1.54, 1.807) is 0 Å². The zero-order valence-electron chi connectivity index (χ0n) is 11.3. The van der Waals surface area contributed by atoms with E-state index in [1.165, 1.54) is 48.6 Å². The Morgan fingerprint density at radius 3 is 2.83 bits per heavy atom. The molecule has 0 heterocycles. The number of hydrogen-bond acceptors (Lipinski definition) is 1. The van der Waals surface area contributed by atoms with E-state index in [1.807, 2.05) is 0 Å². The summed E-state index contributed by atoms with van der Waals surface area (Å²) in [4.78, 5) is 0. The Bertz CT molecular complexity index is 358. The maximum absolute atomic E-state index is 3.63. The van der Waals surface area contributed by atoms with Gasteiger partial charge in [-0.3, -0.25) is 0 Å². The van der Waals surface area contributed by atoms with Crippen LogP contribution in [0.4, 0.5) is 0 Å². The average molecular weight is 310 g/mol. The van der Waals surface area contributed by atoms with Gasteiger partial charge in [0, 0.05) is 10.5 Å².